The van der Waals surface area contributed by atoms with E-state index in [0.29, 0.717) is 17.3 Å². The molecular weight excluding hydrogens is 228 g/mol. The summed E-state index contributed by atoms with van der Waals surface area (Å²) in [6.45, 7) is 6.25. The van der Waals surface area contributed by atoms with Crippen LogP contribution >= 0.6 is 0 Å². The van der Waals surface area contributed by atoms with Crippen LogP contribution in [0.15, 0.2) is 18.2 Å². The Balaban J connectivity index is 2.38. The van der Waals surface area contributed by atoms with Crippen molar-refractivity contribution in [3.63, 3.8) is 0 Å². The zero-order valence-electron chi connectivity index (χ0n) is 11.1. The van der Waals surface area contributed by atoms with Crippen molar-refractivity contribution in [1.82, 2.24) is 15.2 Å². The van der Waals surface area contributed by atoms with Gasteiger partial charge in [-0.1, -0.05) is 20.8 Å². The highest BCUT2D eigenvalue weighted by Gasteiger charge is 2.19. The Morgan fingerprint density at radius 3 is 2.50 bits per heavy atom. The minimum absolute atomic E-state index is 0.0523. The normalized spacial score (nSPS) is 11.6. The van der Waals surface area contributed by atoms with Crippen LogP contribution in [0.4, 0.5) is 5.69 Å². The topological polar surface area (TPSA) is 76.8 Å². The second-order valence-electron chi connectivity index (χ2n) is 5.21. The van der Waals surface area contributed by atoms with Crippen LogP contribution in [0, 0.1) is 0 Å². The molecular formula is C13H18N4O. The fraction of sp³-hybridized carbons (Fsp3) is 0.385. The summed E-state index contributed by atoms with van der Waals surface area (Å²) in [6, 6.07) is 5.52. The van der Waals surface area contributed by atoms with Crippen LogP contribution in [0.25, 0.3) is 11.4 Å². The number of methoxy groups -OCH3 is 1. The molecule has 0 fully saturated rings. The van der Waals surface area contributed by atoms with Gasteiger partial charge < -0.3 is 10.5 Å². The number of nitrogens with two attached hydrogens (primary N) is 1. The van der Waals surface area contributed by atoms with Crippen LogP contribution in [0.3, 0.4) is 0 Å². The van der Waals surface area contributed by atoms with Gasteiger partial charge in [0.05, 0.1) is 12.8 Å². The Morgan fingerprint density at radius 2 is 2.00 bits per heavy atom. The quantitative estimate of drug-likeness (QED) is 0.797. The Kier molecular flexibility index (Phi) is 2.98. The third-order valence-electron chi connectivity index (χ3n) is 2.68. The first-order chi connectivity index (χ1) is 8.41. The first-order valence-electron chi connectivity index (χ1n) is 5.78. The zero-order chi connectivity index (χ0) is 13.3. The molecule has 0 bridgehead atoms. The van der Waals surface area contributed by atoms with Crippen molar-refractivity contribution >= 4 is 5.69 Å². The molecule has 0 radical (unpaired) electrons. The van der Waals surface area contributed by atoms with E-state index >= 15 is 0 Å². The average molecular weight is 246 g/mol. The number of aromatic nitrogens is 3. The number of ether oxygens (including phenoxy) is 1. The molecule has 0 aliphatic rings. The third-order valence-corrected chi connectivity index (χ3v) is 2.68. The summed E-state index contributed by atoms with van der Waals surface area (Å²) >= 11 is 0. The molecule has 0 aliphatic carbocycles. The SMILES string of the molecule is COc1ccc(-c2n[nH]c(C(C)(C)C)n2)cc1N. The van der Waals surface area contributed by atoms with E-state index in [2.05, 4.69) is 36.0 Å². The van der Waals surface area contributed by atoms with Gasteiger partial charge in [0.2, 0.25) is 0 Å². The lowest BCUT2D eigenvalue weighted by molar-refractivity contribution is 0.417. The third kappa shape index (κ3) is 2.30. The number of aromatic amines is 1. The summed E-state index contributed by atoms with van der Waals surface area (Å²) in [5.74, 6) is 2.16. The maximum absolute atomic E-state index is 5.87. The second kappa shape index (κ2) is 4.33. The van der Waals surface area contributed by atoms with Gasteiger partial charge in [0, 0.05) is 11.0 Å². The van der Waals surface area contributed by atoms with Crippen molar-refractivity contribution in [3.8, 4) is 17.1 Å². The first-order valence-corrected chi connectivity index (χ1v) is 5.78. The zero-order valence-corrected chi connectivity index (χ0v) is 11.1. The lowest BCUT2D eigenvalue weighted by atomic mass is 9.96. The molecule has 0 spiro atoms. The fourth-order valence-corrected chi connectivity index (χ4v) is 1.60. The van der Waals surface area contributed by atoms with Crippen LogP contribution in [-0.2, 0) is 5.41 Å². The fourth-order valence-electron chi connectivity index (χ4n) is 1.60. The van der Waals surface area contributed by atoms with Gasteiger partial charge in [-0.25, -0.2) is 4.98 Å². The van der Waals surface area contributed by atoms with Crippen molar-refractivity contribution in [1.29, 1.82) is 0 Å². The number of hydrogen-bond acceptors (Lipinski definition) is 4. The molecule has 0 amide bonds. The highest BCUT2D eigenvalue weighted by Crippen LogP contribution is 2.27. The maximum Gasteiger partial charge on any atom is 0.181 e. The summed E-state index contributed by atoms with van der Waals surface area (Å²) in [4.78, 5) is 4.49. The number of rotatable bonds is 2. The molecule has 1 heterocycles. The smallest absolute Gasteiger partial charge is 0.181 e. The maximum atomic E-state index is 5.87. The van der Waals surface area contributed by atoms with Gasteiger partial charge in [-0.3, -0.25) is 5.10 Å². The molecule has 0 aliphatic heterocycles. The summed E-state index contributed by atoms with van der Waals surface area (Å²) in [7, 11) is 1.59. The lowest BCUT2D eigenvalue weighted by Gasteiger charge is -2.12. The minimum Gasteiger partial charge on any atom is -0.495 e. The Bertz CT molecular complexity index is 554. The van der Waals surface area contributed by atoms with Crippen LogP contribution in [0.5, 0.6) is 5.75 Å². The largest absolute Gasteiger partial charge is 0.495 e. The number of benzene rings is 1. The van der Waals surface area contributed by atoms with E-state index in [1.807, 2.05) is 18.2 Å². The molecule has 3 N–H and O–H groups in total. The first kappa shape index (κ1) is 12.4. The molecule has 0 saturated carbocycles. The van der Waals surface area contributed by atoms with Gasteiger partial charge in [-0.05, 0) is 18.2 Å². The Hall–Kier alpha value is -2.04. The molecule has 2 rings (SSSR count). The lowest BCUT2D eigenvalue weighted by Crippen LogP contribution is -2.13. The molecule has 96 valence electrons. The van der Waals surface area contributed by atoms with E-state index in [1.165, 1.54) is 0 Å². The second-order valence-corrected chi connectivity index (χ2v) is 5.21. The van der Waals surface area contributed by atoms with Gasteiger partial charge in [-0.2, -0.15) is 5.10 Å². The number of hydrogen-bond donors (Lipinski definition) is 2. The molecule has 5 nitrogen and oxygen atoms in total. The van der Waals surface area contributed by atoms with Crippen molar-refractivity contribution in [2.24, 2.45) is 0 Å². The van der Waals surface area contributed by atoms with Crippen molar-refractivity contribution in [3.05, 3.63) is 24.0 Å². The van der Waals surface area contributed by atoms with E-state index < -0.39 is 0 Å². The minimum atomic E-state index is -0.0523. The molecule has 1 aromatic carbocycles. The van der Waals surface area contributed by atoms with Gasteiger partial charge in [0.15, 0.2) is 5.82 Å². The molecule has 0 saturated heterocycles. The highest BCUT2D eigenvalue weighted by atomic mass is 16.5. The van der Waals surface area contributed by atoms with Gasteiger partial charge in [0.25, 0.3) is 0 Å². The van der Waals surface area contributed by atoms with E-state index in [4.69, 9.17) is 10.5 Å². The Labute approximate surface area is 106 Å². The van der Waals surface area contributed by atoms with Gasteiger partial charge in [-0.15, -0.1) is 0 Å². The summed E-state index contributed by atoms with van der Waals surface area (Å²) in [5.41, 5.74) is 7.27. The predicted molar refractivity (Wildman–Crippen MR) is 71.5 cm³/mol. The van der Waals surface area contributed by atoms with Crippen LogP contribution < -0.4 is 10.5 Å². The van der Waals surface area contributed by atoms with Crippen LogP contribution in [-0.4, -0.2) is 22.3 Å². The number of nitrogens with zero attached hydrogens (tertiary/aromatic N) is 2. The molecule has 0 atom stereocenters. The van der Waals surface area contributed by atoms with Crippen LogP contribution in [0.1, 0.15) is 26.6 Å². The average Bonchev–Trinajstić information content (AvgIpc) is 2.77. The molecule has 1 aromatic heterocycles. The van der Waals surface area contributed by atoms with E-state index in [1.54, 1.807) is 7.11 Å². The van der Waals surface area contributed by atoms with Gasteiger partial charge in [0.1, 0.15) is 11.6 Å². The Morgan fingerprint density at radius 1 is 1.28 bits per heavy atom. The van der Waals surface area contributed by atoms with Crippen molar-refractivity contribution < 1.29 is 4.74 Å². The summed E-state index contributed by atoms with van der Waals surface area (Å²) in [6.07, 6.45) is 0. The van der Waals surface area contributed by atoms with Crippen molar-refractivity contribution in [2.75, 3.05) is 12.8 Å². The molecule has 5 heteroatoms. The molecule has 0 unspecified atom stereocenters. The number of anilines is 1. The summed E-state index contributed by atoms with van der Waals surface area (Å²) < 4.78 is 5.12. The monoisotopic (exact) mass is 246 g/mol. The molecule has 18 heavy (non-hydrogen) atoms. The standard InChI is InChI=1S/C13H18N4O/c1-13(2,3)12-15-11(16-17-12)8-5-6-10(18-4)9(14)7-8/h5-7H,14H2,1-4H3,(H,15,16,17). The van der Waals surface area contributed by atoms with Crippen LogP contribution in [0.2, 0.25) is 0 Å². The van der Waals surface area contributed by atoms with E-state index in [9.17, 15) is 0 Å². The summed E-state index contributed by atoms with van der Waals surface area (Å²) in [5, 5.41) is 7.18. The predicted octanol–water partition coefficient (Wildman–Crippen LogP) is 2.36. The van der Waals surface area contributed by atoms with Gasteiger partial charge >= 0.3 is 0 Å². The molecule has 2 aromatic rings. The number of nitrogens with one attached hydrogen (secondary N) is 1. The number of H-pyrrole nitrogens is 1. The van der Waals surface area contributed by atoms with E-state index in [-0.39, 0.29) is 5.41 Å². The number of nitrogen functional groups attached to an aromatic ring is 1. The van der Waals surface area contributed by atoms with Crippen molar-refractivity contribution in [2.45, 2.75) is 26.2 Å². The van der Waals surface area contributed by atoms with E-state index in [0.717, 1.165) is 11.4 Å². The highest BCUT2D eigenvalue weighted by molar-refractivity contribution is 5.66.